The Labute approximate surface area is 189 Å². The summed E-state index contributed by atoms with van der Waals surface area (Å²) in [5, 5.41) is 18.1. The second-order valence-electron chi connectivity index (χ2n) is 7.50. The van der Waals surface area contributed by atoms with E-state index in [1.807, 2.05) is 45.4 Å². The molecule has 0 atom stereocenters. The first kappa shape index (κ1) is 22.6. The average Bonchev–Trinajstić information content (AvgIpc) is 2.83. The first-order chi connectivity index (χ1) is 15.5. The van der Waals surface area contributed by atoms with Crippen LogP contribution in [0.1, 0.15) is 39.9 Å². The molecule has 0 saturated heterocycles. The normalized spacial score (nSPS) is 10.1. The van der Waals surface area contributed by atoms with Gasteiger partial charge in [0.15, 0.2) is 0 Å². The van der Waals surface area contributed by atoms with Crippen molar-refractivity contribution in [1.82, 2.24) is 4.98 Å². The van der Waals surface area contributed by atoms with E-state index < -0.39 is 0 Å². The van der Waals surface area contributed by atoms with Crippen LogP contribution >= 0.6 is 0 Å². The van der Waals surface area contributed by atoms with Crippen molar-refractivity contribution in [3.8, 4) is 17.9 Å². The number of aryl methyl sites for hydroxylation is 1. The third-order valence-electron chi connectivity index (χ3n) is 5.20. The summed E-state index contributed by atoms with van der Waals surface area (Å²) in [7, 11) is 1.97. The standard InChI is InChI=1S/C25H23BN4O2/c1-18-25(32-17-21-5-2-4-20(12-21)14-28)24(6-3-11-31)22(15-29-18)16-30(26)23-9-7-19(13-27)8-10-23/h2,4-5,7-12,15H,3,6,16-17,26H2,1H3. The maximum Gasteiger partial charge on any atom is 0.217 e. The zero-order chi connectivity index (χ0) is 22.9. The number of anilines is 1. The van der Waals surface area contributed by atoms with Crippen molar-refractivity contribution < 1.29 is 9.53 Å². The average molecular weight is 422 g/mol. The number of aldehydes is 1. The number of pyridine rings is 1. The molecule has 0 radical (unpaired) electrons. The number of nitrogens with zero attached hydrogens (tertiary/aromatic N) is 4. The Hall–Kier alpha value is -4.10. The van der Waals surface area contributed by atoms with Crippen LogP contribution in [0.2, 0.25) is 0 Å². The van der Waals surface area contributed by atoms with E-state index in [1.165, 1.54) is 0 Å². The summed E-state index contributed by atoms with van der Waals surface area (Å²) in [6.45, 7) is 2.77. The van der Waals surface area contributed by atoms with Crippen LogP contribution in [-0.4, -0.2) is 19.3 Å². The van der Waals surface area contributed by atoms with Crippen LogP contribution in [0, 0.1) is 29.6 Å². The van der Waals surface area contributed by atoms with Gasteiger partial charge in [0, 0.05) is 30.4 Å². The van der Waals surface area contributed by atoms with Crippen molar-refractivity contribution in [3.05, 3.63) is 88.2 Å². The molecule has 6 nitrogen and oxygen atoms in total. The fourth-order valence-corrected chi connectivity index (χ4v) is 3.50. The molecular formula is C25H23BN4O2. The summed E-state index contributed by atoms with van der Waals surface area (Å²) in [6.07, 6.45) is 3.68. The number of carbonyl (C=O) groups is 1. The number of nitriles is 2. The van der Waals surface area contributed by atoms with Crippen LogP contribution in [0.5, 0.6) is 5.75 Å². The molecule has 0 aliphatic rings. The highest BCUT2D eigenvalue weighted by Crippen LogP contribution is 2.29. The third kappa shape index (κ3) is 5.53. The van der Waals surface area contributed by atoms with Crippen LogP contribution < -0.4 is 9.55 Å². The molecule has 7 heteroatoms. The minimum atomic E-state index is 0.307. The predicted octanol–water partition coefficient (Wildman–Crippen LogP) is 3.40. The Balaban J connectivity index is 1.87. The Bertz CT molecular complexity index is 1180. The molecule has 158 valence electrons. The zero-order valence-corrected chi connectivity index (χ0v) is 18.2. The van der Waals surface area contributed by atoms with Crippen molar-refractivity contribution in [1.29, 1.82) is 10.5 Å². The first-order valence-electron chi connectivity index (χ1n) is 10.3. The van der Waals surface area contributed by atoms with E-state index in [4.69, 9.17) is 15.3 Å². The Kier molecular flexibility index (Phi) is 7.62. The molecule has 3 aromatic rings. The summed E-state index contributed by atoms with van der Waals surface area (Å²) in [5.74, 6) is 0.680. The van der Waals surface area contributed by atoms with Crippen molar-refractivity contribution in [2.45, 2.75) is 32.9 Å². The van der Waals surface area contributed by atoms with E-state index in [-0.39, 0.29) is 0 Å². The molecule has 0 saturated carbocycles. The van der Waals surface area contributed by atoms with Crippen LogP contribution in [0.25, 0.3) is 0 Å². The van der Waals surface area contributed by atoms with Crippen LogP contribution in [0.4, 0.5) is 5.69 Å². The molecule has 1 aromatic heterocycles. The van der Waals surface area contributed by atoms with Crippen molar-refractivity contribution in [2.24, 2.45) is 0 Å². The summed E-state index contributed by atoms with van der Waals surface area (Å²) < 4.78 is 6.17. The monoisotopic (exact) mass is 422 g/mol. The van der Waals surface area contributed by atoms with E-state index in [2.05, 4.69) is 21.9 Å². The SMILES string of the molecule is BN(Cc1cnc(C)c(OCc2cccc(C#N)c2)c1CCC=O)c1ccc(C#N)cc1. The smallest absolute Gasteiger partial charge is 0.217 e. The minimum absolute atomic E-state index is 0.307. The van der Waals surface area contributed by atoms with Crippen molar-refractivity contribution in [3.63, 3.8) is 0 Å². The number of ether oxygens (including phenoxy) is 1. The largest absolute Gasteiger partial charge is 0.487 e. The van der Waals surface area contributed by atoms with Gasteiger partial charge in [-0.3, -0.25) is 4.98 Å². The molecule has 0 unspecified atom stereocenters. The topological polar surface area (TPSA) is 90.0 Å². The molecule has 32 heavy (non-hydrogen) atoms. The van der Waals surface area contributed by atoms with Gasteiger partial charge >= 0.3 is 0 Å². The molecule has 0 fully saturated rings. The van der Waals surface area contributed by atoms with Crippen LogP contribution in [-0.2, 0) is 24.4 Å². The fraction of sp³-hybridized carbons (Fsp3) is 0.200. The molecule has 0 aliphatic heterocycles. The lowest BCUT2D eigenvalue weighted by Gasteiger charge is -2.23. The highest BCUT2D eigenvalue weighted by Gasteiger charge is 2.16. The molecule has 3 rings (SSSR count). The lowest BCUT2D eigenvalue weighted by Crippen LogP contribution is -2.20. The second kappa shape index (κ2) is 10.8. The Morgan fingerprint density at radius 3 is 2.56 bits per heavy atom. The molecule has 2 aromatic carbocycles. The van der Waals surface area contributed by atoms with E-state index in [0.717, 1.165) is 34.4 Å². The molecule has 0 N–H and O–H groups in total. The maximum atomic E-state index is 11.1. The maximum absolute atomic E-state index is 11.1. The van der Waals surface area contributed by atoms with E-state index in [0.29, 0.717) is 42.9 Å². The fourth-order valence-electron chi connectivity index (χ4n) is 3.50. The van der Waals surface area contributed by atoms with Gasteiger partial charge in [-0.05, 0) is 60.9 Å². The third-order valence-corrected chi connectivity index (χ3v) is 5.20. The van der Waals surface area contributed by atoms with Gasteiger partial charge in [-0.15, -0.1) is 0 Å². The van der Waals surface area contributed by atoms with Gasteiger partial charge < -0.3 is 14.3 Å². The van der Waals surface area contributed by atoms with Gasteiger partial charge in [0.05, 0.1) is 29.0 Å². The van der Waals surface area contributed by atoms with Gasteiger partial charge in [0.25, 0.3) is 0 Å². The van der Waals surface area contributed by atoms with Crippen LogP contribution in [0.3, 0.4) is 0 Å². The Morgan fingerprint density at radius 1 is 1.12 bits per heavy atom. The van der Waals surface area contributed by atoms with Crippen molar-refractivity contribution in [2.75, 3.05) is 4.81 Å². The highest BCUT2D eigenvalue weighted by molar-refractivity contribution is 6.17. The lowest BCUT2D eigenvalue weighted by atomic mass is 10.0. The summed E-state index contributed by atoms with van der Waals surface area (Å²) in [5.41, 5.74) is 5.76. The number of carbonyl (C=O) groups excluding carboxylic acids is 1. The first-order valence-corrected chi connectivity index (χ1v) is 10.3. The minimum Gasteiger partial charge on any atom is -0.487 e. The van der Waals surface area contributed by atoms with Gasteiger partial charge in [0.1, 0.15) is 18.6 Å². The summed E-state index contributed by atoms with van der Waals surface area (Å²) >= 11 is 0. The highest BCUT2D eigenvalue weighted by atomic mass is 16.5. The predicted molar refractivity (Wildman–Crippen MR) is 125 cm³/mol. The molecule has 0 bridgehead atoms. The quantitative estimate of drug-likeness (QED) is 0.388. The van der Waals surface area contributed by atoms with Gasteiger partial charge in [-0.25, -0.2) is 0 Å². The van der Waals surface area contributed by atoms with Gasteiger partial charge in [-0.2, -0.15) is 10.5 Å². The van der Waals surface area contributed by atoms with Crippen molar-refractivity contribution >= 4 is 20.0 Å². The van der Waals surface area contributed by atoms with E-state index in [1.54, 1.807) is 24.3 Å². The van der Waals surface area contributed by atoms with Gasteiger partial charge in [0.2, 0.25) is 7.98 Å². The summed E-state index contributed by atoms with van der Waals surface area (Å²) in [4.78, 5) is 17.7. The number of benzene rings is 2. The van der Waals surface area contributed by atoms with Gasteiger partial charge in [-0.1, -0.05) is 12.1 Å². The van der Waals surface area contributed by atoms with E-state index >= 15 is 0 Å². The number of aromatic nitrogens is 1. The number of hydrogen-bond donors (Lipinski definition) is 0. The second-order valence-corrected chi connectivity index (χ2v) is 7.50. The molecule has 0 amide bonds. The Morgan fingerprint density at radius 2 is 1.88 bits per heavy atom. The number of hydrogen-bond acceptors (Lipinski definition) is 6. The summed E-state index contributed by atoms with van der Waals surface area (Å²) in [6, 6.07) is 19.0. The molecular weight excluding hydrogens is 399 g/mol. The van der Waals surface area contributed by atoms with E-state index in [9.17, 15) is 4.79 Å². The number of rotatable bonds is 9. The molecule has 0 aliphatic carbocycles. The molecule has 0 spiro atoms. The molecule has 1 heterocycles. The lowest BCUT2D eigenvalue weighted by molar-refractivity contribution is -0.107. The van der Waals surface area contributed by atoms with Crippen LogP contribution in [0.15, 0.2) is 54.7 Å². The zero-order valence-electron chi connectivity index (χ0n) is 18.2.